The quantitative estimate of drug-likeness (QED) is 0.905. The van der Waals surface area contributed by atoms with Crippen molar-refractivity contribution in [2.45, 2.75) is 12.8 Å². The van der Waals surface area contributed by atoms with Crippen LogP contribution in [0.4, 0.5) is 5.82 Å². The molecule has 1 fully saturated rings. The topological polar surface area (TPSA) is 46.0 Å². The zero-order valence-electron chi connectivity index (χ0n) is 11.6. The fourth-order valence-electron chi connectivity index (χ4n) is 2.92. The molecular weight excluding hydrogens is 238 g/mol. The lowest BCUT2D eigenvalue weighted by atomic mass is 9.97. The van der Waals surface area contributed by atoms with Crippen LogP contribution in [0.25, 0.3) is 11.0 Å². The first kappa shape index (κ1) is 12.4. The number of nitrogens with one attached hydrogen (secondary N) is 1. The van der Waals surface area contributed by atoms with Gasteiger partial charge in [-0.15, -0.1) is 0 Å². The molecule has 3 rings (SSSR count). The van der Waals surface area contributed by atoms with E-state index in [9.17, 15) is 0 Å². The Kier molecular flexibility index (Phi) is 3.38. The molecule has 102 valence electrons. The van der Waals surface area contributed by atoms with Crippen LogP contribution >= 0.6 is 0 Å². The predicted molar refractivity (Wildman–Crippen MR) is 77.4 cm³/mol. The molecule has 1 aliphatic heterocycles. The van der Waals surface area contributed by atoms with Crippen molar-refractivity contribution in [2.75, 3.05) is 31.6 Å². The highest BCUT2D eigenvalue weighted by Gasteiger charge is 2.21. The molecule has 0 radical (unpaired) electrons. The third-order valence-electron chi connectivity index (χ3n) is 4.03. The standard InChI is InChI=1S/C14H21N5/c1-15-9-11-4-7-19(8-5-11)14-13-12(3-6-16-14)18(2)10-17-13/h3,6,10-11,15H,4-5,7-9H2,1-2H3. The van der Waals surface area contributed by atoms with E-state index in [1.54, 1.807) is 0 Å². The van der Waals surface area contributed by atoms with E-state index >= 15 is 0 Å². The SMILES string of the molecule is CNCC1CCN(c2nccc3c2ncn3C)CC1. The van der Waals surface area contributed by atoms with E-state index in [1.807, 2.05) is 37.3 Å². The minimum atomic E-state index is 0.796. The molecule has 0 amide bonds. The molecule has 0 aliphatic carbocycles. The van der Waals surface area contributed by atoms with Crippen LogP contribution in [0.5, 0.6) is 0 Å². The first-order valence-corrected chi connectivity index (χ1v) is 6.95. The summed E-state index contributed by atoms with van der Waals surface area (Å²) in [6.45, 7) is 3.28. The summed E-state index contributed by atoms with van der Waals surface area (Å²) in [5, 5.41) is 3.28. The van der Waals surface area contributed by atoms with Crippen molar-refractivity contribution in [1.29, 1.82) is 0 Å². The second-order valence-corrected chi connectivity index (χ2v) is 5.35. The average Bonchev–Trinajstić information content (AvgIpc) is 2.82. The Bertz CT molecular complexity index is 554. The zero-order valence-corrected chi connectivity index (χ0v) is 11.6. The molecule has 0 spiro atoms. The number of imidazole rings is 1. The molecule has 0 atom stereocenters. The Morgan fingerprint density at radius 3 is 2.84 bits per heavy atom. The number of piperidine rings is 1. The lowest BCUT2D eigenvalue weighted by molar-refractivity contribution is 0.392. The Balaban J connectivity index is 1.82. The summed E-state index contributed by atoms with van der Waals surface area (Å²) in [5.74, 6) is 1.84. The van der Waals surface area contributed by atoms with Crippen LogP contribution < -0.4 is 10.2 Å². The van der Waals surface area contributed by atoms with Crippen molar-refractivity contribution in [2.24, 2.45) is 13.0 Å². The number of hydrogen-bond donors (Lipinski definition) is 1. The van der Waals surface area contributed by atoms with Crippen LogP contribution in [0.3, 0.4) is 0 Å². The molecule has 1 aliphatic rings. The first-order chi connectivity index (χ1) is 9.29. The van der Waals surface area contributed by atoms with Crippen LogP contribution in [-0.4, -0.2) is 41.2 Å². The van der Waals surface area contributed by atoms with Gasteiger partial charge in [-0.2, -0.15) is 0 Å². The fraction of sp³-hybridized carbons (Fsp3) is 0.571. The molecule has 3 heterocycles. The molecule has 19 heavy (non-hydrogen) atoms. The second kappa shape index (κ2) is 5.17. The summed E-state index contributed by atoms with van der Waals surface area (Å²) in [6.07, 6.45) is 6.21. The third-order valence-corrected chi connectivity index (χ3v) is 4.03. The molecular formula is C14H21N5. The number of aromatic nitrogens is 3. The van der Waals surface area contributed by atoms with E-state index in [1.165, 1.54) is 12.8 Å². The maximum Gasteiger partial charge on any atom is 0.156 e. The monoisotopic (exact) mass is 259 g/mol. The van der Waals surface area contributed by atoms with E-state index in [0.717, 1.165) is 42.4 Å². The molecule has 2 aromatic heterocycles. The number of fused-ring (bicyclic) bond motifs is 1. The van der Waals surface area contributed by atoms with Gasteiger partial charge in [-0.05, 0) is 38.4 Å². The molecule has 2 aromatic rings. The van der Waals surface area contributed by atoms with Crippen LogP contribution in [0.2, 0.25) is 0 Å². The Morgan fingerprint density at radius 2 is 2.11 bits per heavy atom. The van der Waals surface area contributed by atoms with Gasteiger partial charge in [0.05, 0.1) is 11.8 Å². The van der Waals surface area contributed by atoms with Crippen LogP contribution in [0, 0.1) is 5.92 Å². The summed E-state index contributed by atoms with van der Waals surface area (Å²) in [6, 6.07) is 2.03. The molecule has 0 aromatic carbocycles. The lowest BCUT2D eigenvalue weighted by Gasteiger charge is -2.32. The van der Waals surface area contributed by atoms with Crippen molar-refractivity contribution >= 4 is 16.9 Å². The van der Waals surface area contributed by atoms with Gasteiger partial charge in [0.15, 0.2) is 5.82 Å². The molecule has 1 saturated heterocycles. The predicted octanol–water partition coefficient (Wildman–Crippen LogP) is 1.40. The van der Waals surface area contributed by atoms with Crippen LogP contribution in [-0.2, 0) is 7.05 Å². The zero-order chi connectivity index (χ0) is 13.2. The third kappa shape index (κ3) is 2.30. The Labute approximate surface area is 113 Å². The van der Waals surface area contributed by atoms with E-state index in [2.05, 4.69) is 20.2 Å². The number of hydrogen-bond acceptors (Lipinski definition) is 4. The van der Waals surface area contributed by atoms with E-state index < -0.39 is 0 Å². The Morgan fingerprint density at radius 1 is 1.32 bits per heavy atom. The van der Waals surface area contributed by atoms with Crippen molar-refractivity contribution in [3.63, 3.8) is 0 Å². The maximum absolute atomic E-state index is 4.55. The van der Waals surface area contributed by atoms with E-state index in [0.29, 0.717) is 0 Å². The summed E-state index contributed by atoms with van der Waals surface area (Å²) in [4.78, 5) is 11.4. The first-order valence-electron chi connectivity index (χ1n) is 6.95. The van der Waals surface area contributed by atoms with Gasteiger partial charge in [-0.3, -0.25) is 0 Å². The minimum Gasteiger partial charge on any atom is -0.355 e. The molecule has 0 saturated carbocycles. The number of aryl methyl sites for hydroxylation is 1. The van der Waals surface area contributed by atoms with Gasteiger partial charge in [0, 0.05) is 26.3 Å². The van der Waals surface area contributed by atoms with Crippen LogP contribution in [0.15, 0.2) is 18.6 Å². The van der Waals surface area contributed by atoms with E-state index in [-0.39, 0.29) is 0 Å². The van der Waals surface area contributed by atoms with Gasteiger partial charge < -0.3 is 14.8 Å². The molecule has 0 bridgehead atoms. The number of nitrogens with zero attached hydrogens (tertiary/aromatic N) is 4. The summed E-state index contributed by atoms with van der Waals surface area (Å²) < 4.78 is 2.05. The van der Waals surface area contributed by atoms with Gasteiger partial charge in [0.1, 0.15) is 5.52 Å². The minimum absolute atomic E-state index is 0.796. The molecule has 5 heteroatoms. The average molecular weight is 259 g/mol. The lowest BCUT2D eigenvalue weighted by Crippen LogP contribution is -2.37. The highest BCUT2D eigenvalue weighted by Crippen LogP contribution is 2.26. The van der Waals surface area contributed by atoms with Crippen molar-refractivity contribution in [3.8, 4) is 0 Å². The molecule has 0 unspecified atom stereocenters. The highest BCUT2D eigenvalue weighted by atomic mass is 15.2. The van der Waals surface area contributed by atoms with Crippen molar-refractivity contribution in [1.82, 2.24) is 19.9 Å². The second-order valence-electron chi connectivity index (χ2n) is 5.35. The highest BCUT2D eigenvalue weighted by molar-refractivity contribution is 5.86. The molecule has 5 nitrogen and oxygen atoms in total. The number of rotatable bonds is 3. The maximum atomic E-state index is 4.55. The largest absolute Gasteiger partial charge is 0.355 e. The van der Waals surface area contributed by atoms with Gasteiger partial charge >= 0.3 is 0 Å². The van der Waals surface area contributed by atoms with Gasteiger partial charge in [-0.25, -0.2) is 9.97 Å². The normalized spacial score (nSPS) is 17.3. The summed E-state index contributed by atoms with van der Waals surface area (Å²) >= 11 is 0. The molecule has 1 N–H and O–H groups in total. The van der Waals surface area contributed by atoms with Crippen LogP contribution in [0.1, 0.15) is 12.8 Å². The van der Waals surface area contributed by atoms with Crippen molar-refractivity contribution in [3.05, 3.63) is 18.6 Å². The van der Waals surface area contributed by atoms with Crippen molar-refractivity contribution < 1.29 is 0 Å². The fourth-order valence-corrected chi connectivity index (χ4v) is 2.92. The van der Waals surface area contributed by atoms with E-state index in [4.69, 9.17) is 0 Å². The Hall–Kier alpha value is -1.62. The van der Waals surface area contributed by atoms with Gasteiger partial charge in [0.25, 0.3) is 0 Å². The van der Waals surface area contributed by atoms with Gasteiger partial charge in [0.2, 0.25) is 0 Å². The number of pyridine rings is 1. The number of anilines is 1. The summed E-state index contributed by atoms with van der Waals surface area (Å²) in [5.41, 5.74) is 2.18. The van der Waals surface area contributed by atoms with Gasteiger partial charge in [-0.1, -0.05) is 0 Å². The smallest absolute Gasteiger partial charge is 0.156 e. The summed E-state index contributed by atoms with van der Waals surface area (Å²) in [7, 11) is 4.06.